The van der Waals surface area contributed by atoms with Crippen LogP contribution in [0.1, 0.15) is 5.56 Å². The summed E-state index contributed by atoms with van der Waals surface area (Å²) in [5, 5.41) is 4.20. The maximum absolute atomic E-state index is 11.3. The normalized spacial score (nSPS) is 10.6. The lowest BCUT2D eigenvalue weighted by atomic mass is 10.2. The molecule has 0 radical (unpaired) electrons. The Morgan fingerprint density at radius 2 is 2.26 bits per heavy atom. The van der Waals surface area contributed by atoms with Crippen molar-refractivity contribution in [3.05, 3.63) is 45.2 Å². The van der Waals surface area contributed by atoms with Gasteiger partial charge in [0.2, 0.25) is 0 Å². The largest absolute Gasteiger partial charge is 0.383 e. The van der Waals surface area contributed by atoms with Crippen LogP contribution >= 0.6 is 23.4 Å². The molecule has 1 aromatic carbocycles. The van der Waals surface area contributed by atoms with Crippen LogP contribution in [-0.2, 0) is 6.54 Å². The van der Waals surface area contributed by atoms with Crippen LogP contribution in [0.5, 0.6) is 0 Å². The fraction of sp³-hybridized carbons (Fsp3) is 0.167. The van der Waals surface area contributed by atoms with Crippen molar-refractivity contribution < 1.29 is 0 Å². The molecule has 0 bridgehead atoms. The van der Waals surface area contributed by atoms with E-state index < -0.39 is 0 Å². The van der Waals surface area contributed by atoms with Crippen molar-refractivity contribution in [3.8, 4) is 0 Å². The molecule has 19 heavy (non-hydrogen) atoms. The molecule has 0 aliphatic heterocycles. The van der Waals surface area contributed by atoms with Gasteiger partial charge in [-0.3, -0.25) is 4.79 Å². The quantitative estimate of drug-likeness (QED) is 0.750. The Kier molecular flexibility index (Phi) is 4.47. The third-order valence-electron chi connectivity index (χ3n) is 2.34. The van der Waals surface area contributed by atoms with Crippen molar-refractivity contribution in [2.45, 2.75) is 16.6 Å². The van der Waals surface area contributed by atoms with Crippen LogP contribution in [0.15, 0.2) is 39.1 Å². The number of rotatable bonds is 4. The highest BCUT2D eigenvalue weighted by atomic mass is 35.5. The Morgan fingerprint density at radius 3 is 2.95 bits per heavy atom. The molecule has 2 rings (SSSR count). The van der Waals surface area contributed by atoms with E-state index >= 15 is 0 Å². The lowest BCUT2D eigenvalue weighted by Crippen LogP contribution is -2.10. The second-order valence-electron chi connectivity index (χ2n) is 3.86. The molecule has 2 aromatic rings. The predicted octanol–water partition coefficient (Wildman–Crippen LogP) is 1.88. The van der Waals surface area contributed by atoms with Crippen LogP contribution in [0.25, 0.3) is 0 Å². The van der Waals surface area contributed by atoms with Gasteiger partial charge in [-0.2, -0.15) is 0 Å². The van der Waals surface area contributed by atoms with E-state index in [9.17, 15) is 4.79 Å². The van der Waals surface area contributed by atoms with Crippen molar-refractivity contribution in [1.29, 1.82) is 0 Å². The Balaban J connectivity index is 2.34. The summed E-state index contributed by atoms with van der Waals surface area (Å²) in [5.41, 5.74) is 6.32. The molecule has 0 unspecified atom stereocenters. The van der Waals surface area contributed by atoms with Crippen LogP contribution in [-0.4, -0.2) is 17.0 Å². The van der Waals surface area contributed by atoms with Gasteiger partial charge in [-0.25, -0.2) is 4.98 Å². The Bertz CT molecular complexity index is 644. The zero-order valence-corrected chi connectivity index (χ0v) is 11.8. The molecule has 0 aliphatic rings. The van der Waals surface area contributed by atoms with Crippen molar-refractivity contribution in [3.63, 3.8) is 0 Å². The molecule has 0 aliphatic carbocycles. The molecular formula is C12H13ClN4OS. The van der Waals surface area contributed by atoms with Gasteiger partial charge < -0.3 is 16.0 Å². The lowest BCUT2D eigenvalue weighted by molar-refractivity contribution is 0.802. The molecule has 0 saturated carbocycles. The second kappa shape index (κ2) is 6.10. The number of aromatic amines is 1. The standard InChI is InChI=1S/C12H13ClN4OS/c1-15-6-7-4-8(13)2-3-9(7)19-12-16-10(14)5-11(18)17-12/h2-5,15H,6H2,1H3,(H3,14,16,17,18). The van der Waals surface area contributed by atoms with Crippen LogP contribution in [0.2, 0.25) is 5.02 Å². The summed E-state index contributed by atoms with van der Waals surface area (Å²) in [6, 6.07) is 6.82. The van der Waals surface area contributed by atoms with Gasteiger partial charge in [0.05, 0.1) is 0 Å². The topological polar surface area (TPSA) is 83.8 Å². The Labute approximate surface area is 119 Å². The SMILES string of the molecule is CNCc1cc(Cl)ccc1Sc1nc(N)cc(=O)[nH]1. The molecule has 100 valence electrons. The van der Waals surface area contributed by atoms with Crippen molar-refractivity contribution in [2.24, 2.45) is 0 Å². The molecule has 1 aromatic heterocycles. The highest BCUT2D eigenvalue weighted by Crippen LogP contribution is 2.29. The summed E-state index contributed by atoms with van der Waals surface area (Å²) in [6.07, 6.45) is 0. The molecule has 5 nitrogen and oxygen atoms in total. The first kappa shape index (κ1) is 13.9. The minimum absolute atomic E-state index is 0.204. The van der Waals surface area contributed by atoms with Gasteiger partial charge >= 0.3 is 0 Å². The number of nitrogens with zero attached hydrogens (tertiary/aromatic N) is 1. The van der Waals surface area contributed by atoms with Crippen molar-refractivity contribution >= 4 is 29.2 Å². The fourth-order valence-electron chi connectivity index (χ4n) is 1.58. The van der Waals surface area contributed by atoms with Crippen LogP contribution in [0.3, 0.4) is 0 Å². The Morgan fingerprint density at radius 1 is 1.47 bits per heavy atom. The molecule has 4 N–H and O–H groups in total. The molecule has 7 heteroatoms. The third kappa shape index (κ3) is 3.73. The van der Waals surface area contributed by atoms with Gasteiger partial charge in [-0.15, -0.1) is 0 Å². The number of anilines is 1. The van der Waals surface area contributed by atoms with E-state index in [4.69, 9.17) is 17.3 Å². The number of aromatic nitrogens is 2. The molecule has 0 fully saturated rings. The Hall–Kier alpha value is -1.50. The number of nitrogens with two attached hydrogens (primary N) is 1. The zero-order chi connectivity index (χ0) is 13.8. The maximum Gasteiger partial charge on any atom is 0.253 e. The number of halogens is 1. The number of nitrogen functional groups attached to an aromatic ring is 1. The van der Waals surface area contributed by atoms with Gasteiger partial charge in [0.1, 0.15) is 5.82 Å². The van der Waals surface area contributed by atoms with Crippen molar-refractivity contribution in [2.75, 3.05) is 12.8 Å². The first-order valence-electron chi connectivity index (χ1n) is 5.56. The summed E-state index contributed by atoms with van der Waals surface area (Å²) in [5.74, 6) is 0.204. The van der Waals surface area contributed by atoms with E-state index in [1.807, 2.05) is 19.2 Å². The zero-order valence-electron chi connectivity index (χ0n) is 10.2. The minimum Gasteiger partial charge on any atom is -0.383 e. The number of H-pyrrole nitrogens is 1. The van der Waals surface area contributed by atoms with E-state index in [1.165, 1.54) is 17.8 Å². The van der Waals surface area contributed by atoms with E-state index in [1.54, 1.807) is 6.07 Å². The lowest BCUT2D eigenvalue weighted by Gasteiger charge is -2.09. The molecular weight excluding hydrogens is 284 g/mol. The molecule has 1 heterocycles. The summed E-state index contributed by atoms with van der Waals surface area (Å²) < 4.78 is 0. The molecule has 0 saturated heterocycles. The van der Waals surface area contributed by atoms with E-state index in [2.05, 4.69) is 15.3 Å². The summed E-state index contributed by atoms with van der Waals surface area (Å²) in [7, 11) is 1.86. The van der Waals surface area contributed by atoms with Gasteiger partial charge in [-0.05, 0) is 30.8 Å². The summed E-state index contributed by atoms with van der Waals surface area (Å²) >= 11 is 7.32. The van der Waals surface area contributed by atoms with E-state index in [0.29, 0.717) is 16.7 Å². The summed E-state index contributed by atoms with van der Waals surface area (Å²) in [6.45, 7) is 0.676. The third-order valence-corrected chi connectivity index (χ3v) is 3.58. The number of hydrogen-bond donors (Lipinski definition) is 3. The van der Waals surface area contributed by atoms with Crippen LogP contribution < -0.4 is 16.6 Å². The average molecular weight is 297 g/mol. The van der Waals surface area contributed by atoms with E-state index in [0.717, 1.165) is 10.5 Å². The number of benzene rings is 1. The highest BCUT2D eigenvalue weighted by molar-refractivity contribution is 7.99. The maximum atomic E-state index is 11.3. The molecule has 0 amide bonds. The van der Waals surface area contributed by atoms with Gasteiger partial charge in [0, 0.05) is 22.5 Å². The fourth-order valence-corrected chi connectivity index (χ4v) is 2.69. The monoisotopic (exact) mass is 296 g/mol. The van der Waals surface area contributed by atoms with E-state index in [-0.39, 0.29) is 11.4 Å². The van der Waals surface area contributed by atoms with Gasteiger partial charge in [0.15, 0.2) is 5.16 Å². The smallest absolute Gasteiger partial charge is 0.253 e. The van der Waals surface area contributed by atoms with Crippen LogP contribution in [0.4, 0.5) is 5.82 Å². The summed E-state index contributed by atoms with van der Waals surface area (Å²) in [4.78, 5) is 19.0. The molecule has 0 atom stereocenters. The van der Waals surface area contributed by atoms with Gasteiger partial charge in [0.25, 0.3) is 5.56 Å². The van der Waals surface area contributed by atoms with Gasteiger partial charge in [-0.1, -0.05) is 23.4 Å². The number of nitrogens with one attached hydrogen (secondary N) is 2. The second-order valence-corrected chi connectivity index (χ2v) is 5.33. The number of hydrogen-bond acceptors (Lipinski definition) is 5. The molecule has 0 spiro atoms. The minimum atomic E-state index is -0.265. The first-order valence-corrected chi connectivity index (χ1v) is 6.75. The average Bonchev–Trinajstić information content (AvgIpc) is 2.32. The predicted molar refractivity (Wildman–Crippen MR) is 77.6 cm³/mol. The first-order chi connectivity index (χ1) is 9.08. The highest BCUT2D eigenvalue weighted by Gasteiger charge is 2.07. The van der Waals surface area contributed by atoms with Crippen LogP contribution in [0, 0.1) is 0 Å². The van der Waals surface area contributed by atoms with Crippen molar-refractivity contribution in [1.82, 2.24) is 15.3 Å².